The first kappa shape index (κ1) is 15.3. The predicted octanol–water partition coefficient (Wildman–Crippen LogP) is 3.09. The molecule has 0 amide bonds. The number of hydrogen-bond acceptors (Lipinski definition) is 4. The first-order chi connectivity index (χ1) is 11.0. The molecule has 0 aromatic heterocycles. The molecule has 4 nitrogen and oxygen atoms in total. The fraction of sp³-hybridized carbons (Fsp3) is 0.250. The second-order valence-electron chi connectivity index (χ2n) is 5.16. The third-order valence-electron chi connectivity index (χ3n) is 3.73. The first-order valence-electron chi connectivity index (χ1n) is 6.99. The maximum Gasteiger partial charge on any atom is 0.185 e. The summed E-state index contributed by atoms with van der Waals surface area (Å²) >= 11 is 0. The van der Waals surface area contributed by atoms with Gasteiger partial charge in [0.2, 0.25) is 0 Å². The highest BCUT2D eigenvalue weighted by Crippen LogP contribution is 2.37. The standard InChI is InChI=1S/C16H15F3N2O2/c1-22-14-7-11(18)12(20)6-9(14)8-21-4-5-23-13-3-2-10(17)15(19)16(13)21/h2-3,6-7H,4-5,8,20H2,1H3. The molecule has 0 bridgehead atoms. The van der Waals surface area contributed by atoms with Gasteiger partial charge in [-0.2, -0.15) is 0 Å². The van der Waals surface area contributed by atoms with E-state index in [-0.39, 0.29) is 23.7 Å². The van der Waals surface area contributed by atoms with Crippen LogP contribution >= 0.6 is 0 Å². The van der Waals surface area contributed by atoms with Gasteiger partial charge in [0.15, 0.2) is 11.6 Å². The van der Waals surface area contributed by atoms with Gasteiger partial charge in [0.25, 0.3) is 0 Å². The second-order valence-corrected chi connectivity index (χ2v) is 5.16. The molecule has 1 heterocycles. The maximum atomic E-state index is 14.1. The summed E-state index contributed by atoms with van der Waals surface area (Å²) in [5.41, 5.74) is 6.17. The van der Waals surface area contributed by atoms with Gasteiger partial charge in [-0.3, -0.25) is 0 Å². The Morgan fingerprint density at radius 1 is 1.22 bits per heavy atom. The van der Waals surface area contributed by atoms with E-state index >= 15 is 0 Å². The number of nitrogen functional groups attached to an aromatic ring is 1. The molecule has 0 atom stereocenters. The van der Waals surface area contributed by atoms with Crippen molar-refractivity contribution in [2.45, 2.75) is 6.54 Å². The van der Waals surface area contributed by atoms with Crippen LogP contribution in [0.4, 0.5) is 24.5 Å². The number of anilines is 2. The first-order valence-corrected chi connectivity index (χ1v) is 6.99. The lowest BCUT2D eigenvalue weighted by atomic mass is 10.1. The van der Waals surface area contributed by atoms with Crippen molar-refractivity contribution >= 4 is 11.4 Å². The van der Waals surface area contributed by atoms with Gasteiger partial charge in [0.05, 0.1) is 19.3 Å². The molecule has 23 heavy (non-hydrogen) atoms. The van der Waals surface area contributed by atoms with Crippen LogP contribution in [0.25, 0.3) is 0 Å². The van der Waals surface area contributed by atoms with Crippen LogP contribution in [0, 0.1) is 17.5 Å². The molecular formula is C16H15F3N2O2. The lowest BCUT2D eigenvalue weighted by molar-refractivity contribution is 0.301. The number of fused-ring (bicyclic) bond motifs is 1. The Kier molecular flexibility index (Phi) is 3.94. The second kappa shape index (κ2) is 5.91. The molecule has 0 unspecified atom stereocenters. The molecule has 0 saturated carbocycles. The van der Waals surface area contributed by atoms with Crippen molar-refractivity contribution in [3.05, 3.63) is 47.3 Å². The lowest BCUT2D eigenvalue weighted by Gasteiger charge is -2.32. The van der Waals surface area contributed by atoms with Crippen molar-refractivity contribution < 1.29 is 22.6 Å². The van der Waals surface area contributed by atoms with Crippen LogP contribution in [0.5, 0.6) is 11.5 Å². The van der Waals surface area contributed by atoms with Crippen LogP contribution in [-0.2, 0) is 6.54 Å². The van der Waals surface area contributed by atoms with Crippen molar-refractivity contribution in [2.24, 2.45) is 0 Å². The number of halogens is 3. The normalized spacial score (nSPS) is 13.5. The van der Waals surface area contributed by atoms with E-state index in [1.165, 1.54) is 25.3 Å². The minimum absolute atomic E-state index is 0.0333. The molecule has 2 N–H and O–H groups in total. The monoisotopic (exact) mass is 324 g/mol. The molecule has 3 rings (SSSR count). The summed E-state index contributed by atoms with van der Waals surface area (Å²) in [5, 5.41) is 0. The molecule has 0 radical (unpaired) electrons. The van der Waals surface area contributed by atoms with E-state index in [0.29, 0.717) is 24.5 Å². The topological polar surface area (TPSA) is 47.7 Å². The van der Waals surface area contributed by atoms with Crippen LogP contribution in [0.2, 0.25) is 0 Å². The summed E-state index contributed by atoms with van der Waals surface area (Å²) in [7, 11) is 1.40. The highest BCUT2D eigenvalue weighted by atomic mass is 19.2. The summed E-state index contributed by atoms with van der Waals surface area (Å²) in [6.07, 6.45) is 0. The summed E-state index contributed by atoms with van der Waals surface area (Å²) in [5.74, 6) is -1.96. The smallest absolute Gasteiger partial charge is 0.185 e. The predicted molar refractivity (Wildman–Crippen MR) is 80.3 cm³/mol. The lowest BCUT2D eigenvalue weighted by Crippen LogP contribution is -2.33. The quantitative estimate of drug-likeness (QED) is 0.882. The van der Waals surface area contributed by atoms with Crippen molar-refractivity contribution in [3.8, 4) is 11.5 Å². The SMILES string of the molecule is COc1cc(F)c(N)cc1CN1CCOc2ccc(F)c(F)c21. The zero-order chi connectivity index (χ0) is 16.6. The van der Waals surface area contributed by atoms with Gasteiger partial charge in [-0.05, 0) is 18.2 Å². The highest BCUT2D eigenvalue weighted by Gasteiger charge is 2.25. The Morgan fingerprint density at radius 2 is 2.00 bits per heavy atom. The van der Waals surface area contributed by atoms with Crippen molar-refractivity contribution in [1.29, 1.82) is 0 Å². The molecule has 7 heteroatoms. The number of hydrogen-bond donors (Lipinski definition) is 1. The number of ether oxygens (including phenoxy) is 2. The summed E-state index contributed by atoms with van der Waals surface area (Å²) < 4.78 is 51.7. The zero-order valence-corrected chi connectivity index (χ0v) is 12.4. The van der Waals surface area contributed by atoms with Crippen LogP contribution in [0.15, 0.2) is 24.3 Å². The summed E-state index contributed by atoms with van der Waals surface area (Å²) in [6.45, 7) is 0.870. The highest BCUT2D eigenvalue weighted by molar-refractivity contribution is 5.62. The van der Waals surface area contributed by atoms with Crippen LogP contribution in [0.3, 0.4) is 0 Å². The third-order valence-corrected chi connectivity index (χ3v) is 3.73. The van der Waals surface area contributed by atoms with Crippen molar-refractivity contribution in [2.75, 3.05) is 30.9 Å². The van der Waals surface area contributed by atoms with Gasteiger partial charge in [-0.25, -0.2) is 13.2 Å². The number of benzene rings is 2. The van der Waals surface area contributed by atoms with Crippen LogP contribution in [-0.4, -0.2) is 20.3 Å². The average molecular weight is 324 g/mol. The van der Waals surface area contributed by atoms with Gasteiger partial charge in [-0.15, -0.1) is 0 Å². The van der Waals surface area contributed by atoms with Crippen molar-refractivity contribution in [3.63, 3.8) is 0 Å². The Labute approximate surface area is 131 Å². The maximum absolute atomic E-state index is 14.1. The molecule has 1 aliphatic rings. The van der Waals surface area contributed by atoms with E-state index in [0.717, 1.165) is 6.07 Å². The van der Waals surface area contributed by atoms with E-state index in [1.54, 1.807) is 4.90 Å². The Morgan fingerprint density at radius 3 is 2.74 bits per heavy atom. The molecule has 1 aliphatic heterocycles. The number of nitrogens with two attached hydrogens (primary N) is 1. The molecule has 0 spiro atoms. The van der Waals surface area contributed by atoms with Gasteiger partial charge >= 0.3 is 0 Å². The minimum atomic E-state index is -0.976. The van der Waals surface area contributed by atoms with Gasteiger partial charge in [0, 0.05) is 18.2 Å². The number of rotatable bonds is 3. The average Bonchev–Trinajstić information content (AvgIpc) is 2.54. The number of nitrogens with zero attached hydrogens (tertiary/aromatic N) is 1. The number of methoxy groups -OCH3 is 1. The van der Waals surface area contributed by atoms with E-state index in [4.69, 9.17) is 15.2 Å². The van der Waals surface area contributed by atoms with Crippen molar-refractivity contribution in [1.82, 2.24) is 0 Å². The molecular weight excluding hydrogens is 309 g/mol. The molecule has 122 valence electrons. The van der Waals surface area contributed by atoms with Crippen LogP contribution in [0.1, 0.15) is 5.56 Å². The zero-order valence-electron chi connectivity index (χ0n) is 12.4. The van der Waals surface area contributed by atoms with Crippen LogP contribution < -0.4 is 20.1 Å². The third kappa shape index (κ3) is 2.74. The largest absolute Gasteiger partial charge is 0.496 e. The van der Waals surface area contributed by atoms with Gasteiger partial charge < -0.3 is 20.1 Å². The fourth-order valence-corrected chi connectivity index (χ4v) is 2.61. The Balaban J connectivity index is 2.00. The molecule has 2 aromatic rings. The van der Waals surface area contributed by atoms with E-state index in [1.807, 2.05) is 0 Å². The van der Waals surface area contributed by atoms with Gasteiger partial charge in [0.1, 0.15) is 29.6 Å². The molecule has 2 aromatic carbocycles. The van der Waals surface area contributed by atoms with E-state index in [2.05, 4.69) is 0 Å². The Hall–Kier alpha value is -2.57. The Bertz CT molecular complexity index is 753. The van der Waals surface area contributed by atoms with Gasteiger partial charge in [-0.1, -0.05) is 0 Å². The van der Waals surface area contributed by atoms with E-state index < -0.39 is 17.5 Å². The molecule has 0 aliphatic carbocycles. The summed E-state index contributed by atoms with van der Waals surface area (Å²) in [6, 6.07) is 5.01. The fourth-order valence-electron chi connectivity index (χ4n) is 2.61. The summed E-state index contributed by atoms with van der Waals surface area (Å²) in [4.78, 5) is 1.62. The molecule has 0 saturated heterocycles. The molecule has 0 fully saturated rings. The van der Waals surface area contributed by atoms with E-state index in [9.17, 15) is 13.2 Å². The minimum Gasteiger partial charge on any atom is -0.496 e.